The van der Waals surface area contributed by atoms with Gasteiger partial charge in [-0.25, -0.2) is 13.2 Å². The lowest BCUT2D eigenvalue weighted by atomic mass is 9.98. The van der Waals surface area contributed by atoms with Crippen LogP contribution in [0.15, 0.2) is 12.1 Å². The second kappa shape index (κ2) is 6.93. The number of carbonyl (C=O) groups excluding carboxylic acids is 1. The van der Waals surface area contributed by atoms with E-state index in [1.165, 1.54) is 6.42 Å². The SMILES string of the molecule is CN1CCCCC1CCC(=O)Nc1ccc(F)c(F)c1F. The van der Waals surface area contributed by atoms with E-state index in [1.807, 2.05) is 7.05 Å². The van der Waals surface area contributed by atoms with Crippen molar-refractivity contribution in [1.29, 1.82) is 0 Å². The molecule has 1 aliphatic rings. The van der Waals surface area contributed by atoms with E-state index in [4.69, 9.17) is 0 Å². The normalized spacial score (nSPS) is 19.5. The molecule has 0 aliphatic carbocycles. The minimum atomic E-state index is -1.57. The van der Waals surface area contributed by atoms with Crippen LogP contribution < -0.4 is 5.32 Å². The minimum Gasteiger partial charge on any atom is -0.324 e. The number of nitrogens with one attached hydrogen (secondary N) is 1. The molecule has 1 unspecified atom stereocenters. The van der Waals surface area contributed by atoms with Crippen LogP contribution in [-0.4, -0.2) is 30.4 Å². The first-order valence-corrected chi connectivity index (χ1v) is 7.12. The number of hydrogen-bond acceptors (Lipinski definition) is 2. The fourth-order valence-electron chi connectivity index (χ4n) is 2.64. The van der Waals surface area contributed by atoms with Gasteiger partial charge in [-0.05, 0) is 45.0 Å². The van der Waals surface area contributed by atoms with Gasteiger partial charge in [0.1, 0.15) is 0 Å². The molecule has 116 valence electrons. The molecule has 1 aromatic carbocycles. The maximum absolute atomic E-state index is 13.4. The van der Waals surface area contributed by atoms with Crippen molar-refractivity contribution in [3.05, 3.63) is 29.6 Å². The molecule has 0 radical (unpaired) electrons. The van der Waals surface area contributed by atoms with Crippen LogP contribution in [0.3, 0.4) is 0 Å². The first kappa shape index (κ1) is 15.8. The number of halogens is 3. The van der Waals surface area contributed by atoms with Crippen LogP contribution in [0, 0.1) is 17.5 Å². The smallest absolute Gasteiger partial charge is 0.224 e. The van der Waals surface area contributed by atoms with Crippen molar-refractivity contribution in [3.8, 4) is 0 Å². The average molecular weight is 300 g/mol. The maximum Gasteiger partial charge on any atom is 0.224 e. The summed E-state index contributed by atoms with van der Waals surface area (Å²) in [6.45, 7) is 1.02. The summed E-state index contributed by atoms with van der Waals surface area (Å²) in [7, 11) is 2.02. The summed E-state index contributed by atoms with van der Waals surface area (Å²) in [5, 5.41) is 2.29. The number of anilines is 1. The summed E-state index contributed by atoms with van der Waals surface area (Å²) in [6, 6.07) is 2.17. The van der Waals surface area contributed by atoms with Gasteiger partial charge in [0.15, 0.2) is 17.5 Å². The second-order valence-corrected chi connectivity index (χ2v) is 5.44. The first-order valence-electron chi connectivity index (χ1n) is 7.12. The Balaban J connectivity index is 1.89. The Hall–Kier alpha value is -1.56. The van der Waals surface area contributed by atoms with Crippen LogP contribution in [0.25, 0.3) is 0 Å². The summed E-state index contributed by atoms with van der Waals surface area (Å²) in [4.78, 5) is 14.0. The molecule has 0 aromatic heterocycles. The van der Waals surface area contributed by atoms with Gasteiger partial charge in [0, 0.05) is 12.5 Å². The summed E-state index contributed by atoms with van der Waals surface area (Å²) < 4.78 is 39.3. The van der Waals surface area contributed by atoms with E-state index in [2.05, 4.69) is 10.2 Å². The lowest BCUT2D eigenvalue weighted by molar-refractivity contribution is -0.116. The van der Waals surface area contributed by atoms with Crippen LogP contribution in [0.2, 0.25) is 0 Å². The minimum absolute atomic E-state index is 0.230. The van der Waals surface area contributed by atoms with Crippen molar-refractivity contribution in [2.45, 2.75) is 38.1 Å². The lowest BCUT2D eigenvalue weighted by Crippen LogP contribution is -2.36. The number of likely N-dealkylation sites (tertiary alicyclic amines) is 1. The molecule has 21 heavy (non-hydrogen) atoms. The van der Waals surface area contributed by atoms with E-state index in [1.54, 1.807) is 0 Å². The third kappa shape index (κ3) is 3.97. The zero-order chi connectivity index (χ0) is 15.4. The van der Waals surface area contributed by atoms with Crippen LogP contribution in [0.5, 0.6) is 0 Å². The van der Waals surface area contributed by atoms with Crippen molar-refractivity contribution in [3.63, 3.8) is 0 Å². The molecule has 1 aliphatic heterocycles. The van der Waals surface area contributed by atoms with Crippen molar-refractivity contribution in [2.24, 2.45) is 0 Å². The van der Waals surface area contributed by atoms with Crippen LogP contribution in [0.1, 0.15) is 32.1 Å². The van der Waals surface area contributed by atoms with Gasteiger partial charge in [-0.2, -0.15) is 0 Å². The third-order valence-electron chi connectivity index (χ3n) is 3.94. The van der Waals surface area contributed by atoms with Gasteiger partial charge >= 0.3 is 0 Å². The van der Waals surface area contributed by atoms with E-state index < -0.39 is 17.5 Å². The molecule has 1 saturated heterocycles. The molecule has 0 bridgehead atoms. The molecular formula is C15H19F3N2O. The Labute approximate surface area is 122 Å². The Morgan fingerprint density at radius 3 is 2.76 bits per heavy atom. The fourth-order valence-corrected chi connectivity index (χ4v) is 2.64. The second-order valence-electron chi connectivity index (χ2n) is 5.44. The number of nitrogens with zero attached hydrogens (tertiary/aromatic N) is 1. The average Bonchev–Trinajstić information content (AvgIpc) is 2.47. The first-order chi connectivity index (χ1) is 9.99. The van der Waals surface area contributed by atoms with E-state index >= 15 is 0 Å². The van der Waals surface area contributed by atoms with Gasteiger partial charge in [0.25, 0.3) is 0 Å². The third-order valence-corrected chi connectivity index (χ3v) is 3.94. The Morgan fingerprint density at radius 2 is 2.05 bits per heavy atom. The van der Waals surface area contributed by atoms with Crippen molar-refractivity contribution in [1.82, 2.24) is 4.90 Å². The Morgan fingerprint density at radius 1 is 1.29 bits per heavy atom. The van der Waals surface area contributed by atoms with Gasteiger partial charge in [-0.15, -0.1) is 0 Å². The molecule has 6 heteroatoms. The number of piperidine rings is 1. The number of hydrogen-bond donors (Lipinski definition) is 1. The monoisotopic (exact) mass is 300 g/mol. The highest BCUT2D eigenvalue weighted by Crippen LogP contribution is 2.21. The van der Waals surface area contributed by atoms with Gasteiger partial charge in [-0.3, -0.25) is 4.79 Å². The zero-order valence-corrected chi connectivity index (χ0v) is 12.0. The van der Waals surface area contributed by atoms with Crippen molar-refractivity contribution in [2.75, 3.05) is 18.9 Å². The summed E-state index contributed by atoms with van der Waals surface area (Å²) in [5.41, 5.74) is -0.323. The lowest BCUT2D eigenvalue weighted by Gasteiger charge is -2.32. The molecular weight excluding hydrogens is 281 g/mol. The quantitative estimate of drug-likeness (QED) is 0.865. The highest BCUT2D eigenvalue weighted by atomic mass is 19.2. The molecule has 1 aromatic rings. The molecule has 1 N–H and O–H groups in total. The fraction of sp³-hybridized carbons (Fsp3) is 0.533. The van der Waals surface area contributed by atoms with E-state index in [0.29, 0.717) is 12.5 Å². The molecule has 1 amide bonds. The topological polar surface area (TPSA) is 32.3 Å². The molecule has 1 atom stereocenters. The summed E-state index contributed by atoms with van der Waals surface area (Å²) >= 11 is 0. The Kier molecular flexibility index (Phi) is 5.22. The van der Waals surface area contributed by atoms with Crippen molar-refractivity contribution >= 4 is 11.6 Å². The van der Waals surface area contributed by atoms with Gasteiger partial charge in [0.05, 0.1) is 5.69 Å². The summed E-state index contributed by atoms with van der Waals surface area (Å²) in [6.07, 6.45) is 4.26. The molecule has 0 spiro atoms. The van der Waals surface area contributed by atoms with E-state index in [-0.39, 0.29) is 18.0 Å². The molecule has 1 heterocycles. The van der Waals surface area contributed by atoms with Gasteiger partial charge < -0.3 is 10.2 Å². The molecule has 1 fully saturated rings. The number of carbonyl (C=O) groups is 1. The maximum atomic E-state index is 13.4. The van der Waals surface area contributed by atoms with Gasteiger partial charge in [0.2, 0.25) is 5.91 Å². The molecule has 3 nitrogen and oxygen atoms in total. The highest BCUT2D eigenvalue weighted by molar-refractivity contribution is 5.90. The van der Waals surface area contributed by atoms with E-state index in [0.717, 1.165) is 31.5 Å². The largest absolute Gasteiger partial charge is 0.324 e. The van der Waals surface area contributed by atoms with Crippen molar-refractivity contribution < 1.29 is 18.0 Å². The molecule has 2 rings (SSSR count). The van der Waals surface area contributed by atoms with E-state index in [9.17, 15) is 18.0 Å². The predicted octanol–water partition coefficient (Wildman–Crippen LogP) is 3.31. The predicted molar refractivity (Wildman–Crippen MR) is 74.4 cm³/mol. The standard InChI is InChI=1S/C15H19F3N2O/c1-20-9-3-2-4-10(20)5-8-13(21)19-12-7-6-11(16)14(17)15(12)18/h6-7,10H,2-5,8-9H2,1H3,(H,19,21). The number of amides is 1. The summed E-state index contributed by atoms with van der Waals surface area (Å²) in [5.74, 6) is -4.59. The van der Waals surface area contributed by atoms with Crippen LogP contribution in [0.4, 0.5) is 18.9 Å². The van der Waals surface area contributed by atoms with Crippen LogP contribution in [-0.2, 0) is 4.79 Å². The zero-order valence-electron chi connectivity index (χ0n) is 12.0. The number of rotatable bonds is 4. The van der Waals surface area contributed by atoms with Gasteiger partial charge in [-0.1, -0.05) is 6.42 Å². The Bertz CT molecular complexity index is 522. The highest BCUT2D eigenvalue weighted by Gasteiger charge is 2.20. The number of benzene rings is 1. The molecule has 0 saturated carbocycles. The van der Waals surface area contributed by atoms with Crippen LogP contribution >= 0.6 is 0 Å².